The summed E-state index contributed by atoms with van der Waals surface area (Å²) in [6, 6.07) is 0.567. The third-order valence-corrected chi connectivity index (χ3v) is 6.94. The zero-order chi connectivity index (χ0) is 13.5. The first kappa shape index (κ1) is 13.8. The number of nitrogens with zero attached hydrogens (tertiary/aromatic N) is 3. The van der Waals surface area contributed by atoms with Gasteiger partial charge < -0.3 is 0 Å². The Morgan fingerprint density at radius 3 is 2.42 bits per heavy atom. The van der Waals surface area contributed by atoms with Crippen LogP contribution in [0.1, 0.15) is 39.0 Å². The molecule has 3 heterocycles. The summed E-state index contributed by atoms with van der Waals surface area (Å²) in [5.41, 5.74) is 0. The van der Waals surface area contributed by atoms with Crippen LogP contribution in [0.3, 0.4) is 0 Å². The van der Waals surface area contributed by atoms with E-state index in [1.165, 1.54) is 6.42 Å². The van der Waals surface area contributed by atoms with Crippen LogP contribution >= 0.6 is 0 Å². The number of piperazine rings is 1. The van der Waals surface area contributed by atoms with Crippen LogP contribution in [0.5, 0.6) is 0 Å². The molecule has 3 saturated heterocycles. The molecule has 19 heavy (non-hydrogen) atoms. The predicted molar refractivity (Wildman–Crippen MR) is 75.1 cm³/mol. The smallest absolute Gasteiger partial charge is 0.282 e. The van der Waals surface area contributed by atoms with Crippen molar-refractivity contribution >= 4 is 10.2 Å². The summed E-state index contributed by atoms with van der Waals surface area (Å²) in [6.07, 6.45) is 5.56. The van der Waals surface area contributed by atoms with Gasteiger partial charge in [-0.05, 0) is 39.2 Å². The van der Waals surface area contributed by atoms with E-state index >= 15 is 0 Å². The van der Waals surface area contributed by atoms with Gasteiger partial charge in [-0.1, -0.05) is 6.42 Å². The second kappa shape index (κ2) is 5.31. The fraction of sp³-hybridized carbons (Fsp3) is 1.00. The summed E-state index contributed by atoms with van der Waals surface area (Å²) >= 11 is 0. The van der Waals surface area contributed by atoms with Gasteiger partial charge in [-0.25, -0.2) is 0 Å². The van der Waals surface area contributed by atoms with E-state index in [9.17, 15) is 8.42 Å². The van der Waals surface area contributed by atoms with Gasteiger partial charge in [0.25, 0.3) is 10.2 Å². The maximum Gasteiger partial charge on any atom is 0.282 e. The van der Waals surface area contributed by atoms with Gasteiger partial charge in [0.05, 0.1) is 0 Å². The topological polar surface area (TPSA) is 43.9 Å². The summed E-state index contributed by atoms with van der Waals surface area (Å²) in [7, 11) is -3.23. The number of piperidine rings is 1. The molecule has 2 atom stereocenters. The summed E-state index contributed by atoms with van der Waals surface area (Å²) in [5.74, 6) is 0. The van der Waals surface area contributed by atoms with Gasteiger partial charge in [0.15, 0.2) is 0 Å². The zero-order valence-electron chi connectivity index (χ0n) is 11.8. The van der Waals surface area contributed by atoms with Gasteiger partial charge in [-0.15, -0.1) is 0 Å². The van der Waals surface area contributed by atoms with Crippen LogP contribution in [0.4, 0.5) is 0 Å². The third kappa shape index (κ3) is 2.55. The molecule has 3 fully saturated rings. The standard InChI is InChI=1S/C13H25N3O2S/c1-12-10-14-7-5-6-13(14)11-16(12)19(17,18)15-8-3-2-4-9-15/h12-13H,2-11H2,1H3. The Bertz CT molecular complexity index is 420. The highest BCUT2D eigenvalue weighted by Crippen LogP contribution is 2.28. The van der Waals surface area contributed by atoms with Gasteiger partial charge in [0, 0.05) is 38.3 Å². The van der Waals surface area contributed by atoms with E-state index < -0.39 is 10.2 Å². The first-order valence-electron chi connectivity index (χ1n) is 7.60. The summed E-state index contributed by atoms with van der Waals surface area (Å²) in [6.45, 7) is 6.21. The van der Waals surface area contributed by atoms with Crippen LogP contribution in [-0.2, 0) is 10.2 Å². The van der Waals surface area contributed by atoms with Crippen molar-refractivity contribution in [2.24, 2.45) is 0 Å². The van der Waals surface area contributed by atoms with Crippen LogP contribution in [0.15, 0.2) is 0 Å². The van der Waals surface area contributed by atoms with Gasteiger partial charge in [-0.2, -0.15) is 17.0 Å². The lowest BCUT2D eigenvalue weighted by molar-refractivity contribution is 0.110. The Kier molecular flexibility index (Phi) is 3.86. The van der Waals surface area contributed by atoms with E-state index in [0.29, 0.717) is 25.7 Å². The van der Waals surface area contributed by atoms with Crippen LogP contribution in [-0.4, -0.2) is 66.7 Å². The summed E-state index contributed by atoms with van der Waals surface area (Å²) in [4.78, 5) is 2.47. The molecule has 110 valence electrons. The molecule has 0 aliphatic carbocycles. The fourth-order valence-electron chi connectivity index (χ4n) is 3.73. The maximum absolute atomic E-state index is 12.8. The van der Waals surface area contributed by atoms with Crippen molar-refractivity contribution in [2.45, 2.75) is 51.1 Å². The SMILES string of the molecule is CC1CN2CCCC2CN1S(=O)(=O)N1CCCCC1. The van der Waals surface area contributed by atoms with Crippen molar-refractivity contribution in [2.75, 3.05) is 32.7 Å². The van der Waals surface area contributed by atoms with Crippen molar-refractivity contribution < 1.29 is 8.42 Å². The molecule has 3 rings (SSSR count). The Balaban J connectivity index is 1.76. The molecule has 3 aliphatic heterocycles. The first-order chi connectivity index (χ1) is 9.09. The van der Waals surface area contributed by atoms with Crippen molar-refractivity contribution in [3.05, 3.63) is 0 Å². The number of hydrogen-bond donors (Lipinski definition) is 0. The van der Waals surface area contributed by atoms with Crippen LogP contribution in [0, 0.1) is 0 Å². The molecule has 0 aromatic rings. The molecule has 2 unspecified atom stereocenters. The van der Waals surface area contributed by atoms with Crippen molar-refractivity contribution in [3.8, 4) is 0 Å². The molecule has 0 spiro atoms. The fourth-order valence-corrected chi connectivity index (χ4v) is 5.62. The Morgan fingerprint density at radius 2 is 1.68 bits per heavy atom. The first-order valence-corrected chi connectivity index (χ1v) is 9.00. The minimum Gasteiger partial charge on any atom is -0.297 e. The molecular weight excluding hydrogens is 262 g/mol. The lowest BCUT2D eigenvalue weighted by Gasteiger charge is -2.43. The number of fused-ring (bicyclic) bond motifs is 1. The third-order valence-electron chi connectivity index (χ3n) is 4.82. The zero-order valence-corrected chi connectivity index (χ0v) is 12.6. The minimum atomic E-state index is -3.23. The van der Waals surface area contributed by atoms with Crippen molar-refractivity contribution in [1.29, 1.82) is 0 Å². The molecule has 0 aromatic heterocycles. The lowest BCUT2D eigenvalue weighted by Crippen LogP contribution is -2.60. The minimum absolute atomic E-state index is 0.112. The normalized spacial score (nSPS) is 35.4. The van der Waals surface area contributed by atoms with Gasteiger partial charge in [0.2, 0.25) is 0 Å². The Labute approximate surface area is 116 Å². The predicted octanol–water partition coefficient (Wildman–Crippen LogP) is 0.886. The Hall–Kier alpha value is -0.170. The van der Waals surface area contributed by atoms with E-state index in [0.717, 1.165) is 38.8 Å². The quantitative estimate of drug-likeness (QED) is 0.757. The average Bonchev–Trinajstić information content (AvgIpc) is 2.85. The molecule has 0 N–H and O–H groups in total. The maximum atomic E-state index is 12.8. The molecule has 0 saturated carbocycles. The van der Waals surface area contributed by atoms with Crippen LogP contribution < -0.4 is 0 Å². The lowest BCUT2D eigenvalue weighted by atomic mass is 10.1. The second-order valence-electron chi connectivity index (χ2n) is 6.18. The number of hydrogen-bond acceptors (Lipinski definition) is 3. The molecule has 5 nitrogen and oxygen atoms in total. The average molecular weight is 287 g/mol. The monoisotopic (exact) mass is 287 g/mol. The van der Waals surface area contributed by atoms with E-state index in [1.54, 1.807) is 8.61 Å². The van der Waals surface area contributed by atoms with Gasteiger partial charge in [0.1, 0.15) is 0 Å². The molecule has 3 aliphatic rings. The van der Waals surface area contributed by atoms with Crippen molar-refractivity contribution in [1.82, 2.24) is 13.5 Å². The molecule has 6 heteroatoms. The van der Waals surface area contributed by atoms with E-state index in [2.05, 4.69) is 11.8 Å². The second-order valence-corrected chi connectivity index (χ2v) is 8.06. The molecule has 0 aromatic carbocycles. The molecule has 0 bridgehead atoms. The molecular formula is C13H25N3O2S. The van der Waals surface area contributed by atoms with E-state index in [4.69, 9.17) is 0 Å². The summed E-state index contributed by atoms with van der Waals surface area (Å²) < 4.78 is 29.0. The van der Waals surface area contributed by atoms with Gasteiger partial charge >= 0.3 is 0 Å². The van der Waals surface area contributed by atoms with E-state index in [1.807, 2.05) is 0 Å². The summed E-state index contributed by atoms with van der Waals surface area (Å²) in [5, 5.41) is 0. The number of rotatable bonds is 2. The molecule has 0 amide bonds. The van der Waals surface area contributed by atoms with Crippen LogP contribution in [0.25, 0.3) is 0 Å². The highest BCUT2D eigenvalue weighted by molar-refractivity contribution is 7.86. The highest BCUT2D eigenvalue weighted by atomic mass is 32.2. The van der Waals surface area contributed by atoms with E-state index in [-0.39, 0.29) is 6.04 Å². The largest absolute Gasteiger partial charge is 0.297 e. The van der Waals surface area contributed by atoms with Crippen LogP contribution in [0.2, 0.25) is 0 Å². The van der Waals surface area contributed by atoms with Crippen molar-refractivity contribution in [3.63, 3.8) is 0 Å². The van der Waals surface area contributed by atoms with Gasteiger partial charge in [-0.3, -0.25) is 4.90 Å². The Morgan fingerprint density at radius 1 is 0.947 bits per heavy atom. The molecule has 0 radical (unpaired) electrons. The highest BCUT2D eigenvalue weighted by Gasteiger charge is 2.41.